The fraction of sp³-hybridized carbons (Fsp3) is 0.667. The Bertz CT molecular complexity index is 739. The Morgan fingerprint density at radius 3 is 2.50 bits per heavy atom. The average molecular weight is 411 g/mol. The first-order valence-electron chi connectivity index (χ1n) is 10.2. The molecule has 1 amide bonds. The summed E-state index contributed by atoms with van der Waals surface area (Å²) in [5.74, 6) is -0.217. The van der Waals surface area contributed by atoms with Crippen molar-refractivity contribution in [2.24, 2.45) is 0 Å². The predicted molar refractivity (Wildman–Crippen MR) is 111 cm³/mol. The minimum absolute atomic E-state index is 0.0443. The smallest absolute Gasteiger partial charge is 0.243 e. The van der Waals surface area contributed by atoms with Crippen LogP contribution in [0.25, 0.3) is 0 Å². The molecule has 2 rings (SSSR count). The van der Waals surface area contributed by atoms with Crippen molar-refractivity contribution in [1.29, 1.82) is 0 Å². The van der Waals surface area contributed by atoms with Gasteiger partial charge in [-0.15, -0.1) is 0 Å². The first-order chi connectivity index (χ1) is 13.2. The Balaban J connectivity index is 2.11. The highest BCUT2D eigenvalue weighted by atomic mass is 32.2. The summed E-state index contributed by atoms with van der Waals surface area (Å²) in [5, 5.41) is 2.87. The van der Waals surface area contributed by atoms with Crippen molar-refractivity contribution in [3.8, 4) is 0 Å². The molecule has 1 heterocycles. The first kappa shape index (κ1) is 22.8. The molecule has 6 nitrogen and oxygen atoms in total. The van der Waals surface area contributed by atoms with Crippen LogP contribution < -0.4 is 5.32 Å². The van der Waals surface area contributed by atoms with Gasteiger partial charge in [0.1, 0.15) is 6.04 Å². The number of carbonyl (C=O) groups excluding carboxylic acids is 1. The molecule has 1 N–H and O–H groups in total. The van der Waals surface area contributed by atoms with Crippen LogP contribution in [0.15, 0.2) is 29.2 Å². The number of sulfonamides is 1. The van der Waals surface area contributed by atoms with Crippen LogP contribution in [0.2, 0.25) is 0 Å². The summed E-state index contributed by atoms with van der Waals surface area (Å²) in [7, 11) is -3.71. The number of amides is 1. The van der Waals surface area contributed by atoms with Gasteiger partial charge in [-0.2, -0.15) is 4.31 Å². The van der Waals surface area contributed by atoms with Gasteiger partial charge in [0, 0.05) is 26.3 Å². The fourth-order valence-electron chi connectivity index (χ4n) is 3.36. The number of carbonyl (C=O) groups is 1. The maximum absolute atomic E-state index is 13.2. The van der Waals surface area contributed by atoms with E-state index in [0.717, 1.165) is 18.4 Å². The van der Waals surface area contributed by atoms with E-state index in [4.69, 9.17) is 4.74 Å². The topological polar surface area (TPSA) is 75.7 Å². The largest absolute Gasteiger partial charge is 0.382 e. The molecular weight excluding hydrogens is 376 g/mol. The molecule has 1 aliphatic heterocycles. The van der Waals surface area contributed by atoms with E-state index in [9.17, 15) is 13.2 Å². The number of hydrogen-bond donors (Lipinski definition) is 1. The van der Waals surface area contributed by atoms with Crippen LogP contribution in [-0.4, -0.2) is 51.0 Å². The molecule has 0 saturated carbocycles. The van der Waals surface area contributed by atoms with Crippen LogP contribution in [0, 0.1) is 0 Å². The van der Waals surface area contributed by atoms with Gasteiger partial charge in [-0.25, -0.2) is 8.42 Å². The van der Waals surface area contributed by atoms with E-state index in [0.29, 0.717) is 39.1 Å². The molecule has 1 aromatic carbocycles. The number of rotatable bonds is 8. The van der Waals surface area contributed by atoms with Crippen LogP contribution in [-0.2, 0) is 25.0 Å². The normalized spacial score (nSPS) is 18.8. The third kappa shape index (κ3) is 5.78. The highest BCUT2D eigenvalue weighted by Gasteiger charge is 2.37. The number of ether oxygens (including phenoxy) is 1. The van der Waals surface area contributed by atoms with E-state index >= 15 is 0 Å². The van der Waals surface area contributed by atoms with Gasteiger partial charge in [-0.05, 0) is 49.3 Å². The van der Waals surface area contributed by atoms with Crippen molar-refractivity contribution in [3.63, 3.8) is 0 Å². The number of benzene rings is 1. The number of nitrogens with zero attached hydrogens (tertiary/aromatic N) is 1. The first-order valence-corrected chi connectivity index (χ1v) is 11.6. The van der Waals surface area contributed by atoms with E-state index in [1.165, 1.54) is 4.31 Å². The molecule has 0 bridgehead atoms. The van der Waals surface area contributed by atoms with Gasteiger partial charge in [0.25, 0.3) is 0 Å². The molecule has 1 fully saturated rings. The molecule has 0 aromatic heterocycles. The zero-order valence-corrected chi connectivity index (χ0v) is 18.3. The van der Waals surface area contributed by atoms with Crippen molar-refractivity contribution in [3.05, 3.63) is 29.8 Å². The Morgan fingerprint density at radius 2 is 1.89 bits per heavy atom. The van der Waals surface area contributed by atoms with Crippen molar-refractivity contribution in [1.82, 2.24) is 9.62 Å². The van der Waals surface area contributed by atoms with Gasteiger partial charge in [0.2, 0.25) is 15.9 Å². The predicted octanol–water partition coefficient (Wildman–Crippen LogP) is 3.07. The van der Waals surface area contributed by atoms with Crippen molar-refractivity contribution in [2.45, 2.75) is 69.7 Å². The molecule has 1 aromatic rings. The summed E-state index contributed by atoms with van der Waals surface area (Å²) in [5.41, 5.74) is 1.03. The molecule has 1 atom stereocenters. The molecule has 0 aliphatic carbocycles. The van der Waals surface area contributed by atoms with Crippen LogP contribution in [0.1, 0.15) is 58.9 Å². The van der Waals surface area contributed by atoms with Gasteiger partial charge >= 0.3 is 0 Å². The lowest BCUT2D eigenvalue weighted by molar-refractivity contribution is -0.125. The summed E-state index contributed by atoms with van der Waals surface area (Å²) >= 11 is 0. The van der Waals surface area contributed by atoms with Crippen molar-refractivity contribution >= 4 is 15.9 Å². The maximum Gasteiger partial charge on any atom is 0.243 e. The Kier molecular flexibility index (Phi) is 8.04. The second-order valence-electron chi connectivity index (χ2n) is 8.24. The van der Waals surface area contributed by atoms with Crippen LogP contribution in [0.4, 0.5) is 0 Å². The summed E-state index contributed by atoms with van der Waals surface area (Å²) in [4.78, 5) is 12.9. The lowest BCUT2D eigenvalue weighted by Gasteiger charge is -2.33. The fourth-order valence-corrected chi connectivity index (χ4v) is 5.02. The Labute approximate surface area is 169 Å². The second kappa shape index (κ2) is 9.85. The minimum atomic E-state index is -3.71. The summed E-state index contributed by atoms with van der Waals surface area (Å²) in [6.07, 6.45) is 2.89. The molecule has 1 aliphatic rings. The van der Waals surface area contributed by atoms with Gasteiger partial charge < -0.3 is 10.1 Å². The molecule has 28 heavy (non-hydrogen) atoms. The van der Waals surface area contributed by atoms with Crippen LogP contribution >= 0.6 is 0 Å². The zero-order valence-electron chi connectivity index (χ0n) is 17.5. The van der Waals surface area contributed by atoms with Gasteiger partial charge in [-0.3, -0.25) is 4.79 Å². The summed E-state index contributed by atoms with van der Waals surface area (Å²) < 4.78 is 33.1. The molecular formula is C21H34N2O4S. The summed E-state index contributed by atoms with van der Waals surface area (Å²) in [6, 6.07) is 6.38. The monoisotopic (exact) mass is 410 g/mol. The second-order valence-corrected chi connectivity index (χ2v) is 10.1. The molecule has 158 valence electrons. The van der Waals surface area contributed by atoms with Gasteiger partial charge in [0.15, 0.2) is 0 Å². The minimum Gasteiger partial charge on any atom is -0.382 e. The SMILES string of the molecule is CCOCCCNC(=O)C1CCCCN1S(=O)(=O)c1ccc(C(C)(C)C)cc1. The highest BCUT2D eigenvalue weighted by Crippen LogP contribution is 2.28. The van der Waals surface area contributed by atoms with Crippen LogP contribution in [0.3, 0.4) is 0 Å². The van der Waals surface area contributed by atoms with E-state index in [1.54, 1.807) is 12.1 Å². The molecule has 0 radical (unpaired) electrons. The molecule has 1 saturated heterocycles. The highest BCUT2D eigenvalue weighted by molar-refractivity contribution is 7.89. The van der Waals surface area contributed by atoms with Gasteiger partial charge in [0.05, 0.1) is 4.90 Å². The Hall–Kier alpha value is -1.44. The van der Waals surface area contributed by atoms with E-state index in [-0.39, 0.29) is 16.2 Å². The lowest BCUT2D eigenvalue weighted by atomic mass is 9.87. The van der Waals surface area contributed by atoms with Crippen molar-refractivity contribution < 1.29 is 17.9 Å². The lowest BCUT2D eigenvalue weighted by Crippen LogP contribution is -2.52. The quantitative estimate of drug-likeness (QED) is 0.668. The van der Waals surface area contributed by atoms with E-state index < -0.39 is 16.1 Å². The third-order valence-electron chi connectivity index (χ3n) is 5.05. The van der Waals surface area contributed by atoms with Crippen LogP contribution in [0.5, 0.6) is 0 Å². The number of nitrogens with one attached hydrogen (secondary N) is 1. The molecule has 0 spiro atoms. The van der Waals surface area contributed by atoms with E-state index in [1.807, 2.05) is 19.1 Å². The van der Waals surface area contributed by atoms with Crippen molar-refractivity contribution in [2.75, 3.05) is 26.3 Å². The standard InChI is InChI=1S/C21H34N2O4S/c1-5-27-16-8-14-22-20(24)19-9-6-7-15-23(19)28(25,26)18-12-10-17(11-13-18)21(2,3)4/h10-13,19H,5-9,14-16H2,1-4H3,(H,22,24). The van der Waals surface area contributed by atoms with E-state index in [2.05, 4.69) is 26.1 Å². The maximum atomic E-state index is 13.2. The zero-order chi connectivity index (χ0) is 20.8. The van der Waals surface area contributed by atoms with Gasteiger partial charge in [-0.1, -0.05) is 39.3 Å². The number of piperidine rings is 1. The number of hydrogen-bond acceptors (Lipinski definition) is 4. The molecule has 1 unspecified atom stereocenters. The average Bonchev–Trinajstić information content (AvgIpc) is 2.67. The third-order valence-corrected chi connectivity index (χ3v) is 6.97. The molecule has 7 heteroatoms. The summed E-state index contributed by atoms with van der Waals surface area (Å²) in [6.45, 7) is 10.3. The Morgan fingerprint density at radius 1 is 1.21 bits per heavy atom.